The van der Waals surface area contributed by atoms with Crippen molar-refractivity contribution in [1.82, 2.24) is 4.90 Å². The molecule has 0 spiro atoms. The third-order valence-electron chi connectivity index (χ3n) is 2.35. The van der Waals surface area contributed by atoms with Gasteiger partial charge in [-0.15, -0.1) is 0 Å². The molecule has 1 aromatic carbocycles. The van der Waals surface area contributed by atoms with Gasteiger partial charge in [-0.05, 0) is 31.5 Å². The van der Waals surface area contributed by atoms with E-state index in [2.05, 4.69) is 15.9 Å². The van der Waals surface area contributed by atoms with Crippen LogP contribution in [0.15, 0.2) is 28.7 Å². The number of halogens is 1. The number of benzene rings is 1. The van der Waals surface area contributed by atoms with Crippen molar-refractivity contribution >= 4 is 21.8 Å². The van der Waals surface area contributed by atoms with Crippen LogP contribution in [0.1, 0.15) is 19.4 Å². The van der Waals surface area contributed by atoms with Gasteiger partial charge in [-0.3, -0.25) is 4.79 Å². The van der Waals surface area contributed by atoms with E-state index in [0.717, 1.165) is 10.0 Å². The van der Waals surface area contributed by atoms with Crippen LogP contribution in [0.5, 0.6) is 0 Å². The molecule has 0 saturated heterocycles. The summed E-state index contributed by atoms with van der Waals surface area (Å²) < 4.78 is 1.02. The molecule has 0 aromatic heterocycles. The Labute approximate surface area is 105 Å². The number of rotatable bonds is 4. The molecular formula is C12H17BrN2O. The molecule has 0 unspecified atom stereocenters. The smallest absolute Gasteiger partial charge is 0.239 e. The largest absolute Gasteiger partial charge is 0.337 e. The lowest BCUT2D eigenvalue weighted by atomic mass is 10.2. The monoisotopic (exact) mass is 284 g/mol. The first-order valence-electron chi connectivity index (χ1n) is 5.33. The highest BCUT2D eigenvalue weighted by molar-refractivity contribution is 9.10. The van der Waals surface area contributed by atoms with Crippen molar-refractivity contribution in [3.8, 4) is 0 Å². The average Bonchev–Trinajstić information content (AvgIpc) is 2.25. The van der Waals surface area contributed by atoms with Crippen molar-refractivity contribution in [1.29, 1.82) is 0 Å². The van der Waals surface area contributed by atoms with Crippen LogP contribution >= 0.6 is 15.9 Å². The third kappa shape index (κ3) is 3.61. The minimum atomic E-state index is -0.438. The summed E-state index contributed by atoms with van der Waals surface area (Å²) in [5.41, 5.74) is 6.70. The zero-order valence-electron chi connectivity index (χ0n) is 9.61. The summed E-state index contributed by atoms with van der Waals surface area (Å²) in [4.78, 5) is 13.5. The van der Waals surface area contributed by atoms with Gasteiger partial charge in [0.05, 0.1) is 6.04 Å². The second-order valence-corrected chi connectivity index (χ2v) is 4.69. The minimum absolute atomic E-state index is 0.0116. The Morgan fingerprint density at radius 1 is 1.56 bits per heavy atom. The summed E-state index contributed by atoms with van der Waals surface area (Å²) in [7, 11) is 0. The highest BCUT2D eigenvalue weighted by Gasteiger charge is 2.15. The highest BCUT2D eigenvalue weighted by atomic mass is 79.9. The molecular weight excluding hydrogens is 268 g/mol. The first-order valence-corrected chi connectivity index (χ1v) is 6.12. The predicted octanol–water partition coefficient (Wildman–Crippen LogP) is 2.14. The zero-order valence-corrected chi connectivity index (χ0v) is 11.2. The maximum absolute atomic E-state index is 11.8. The highest BCUT2D eigenvalue weighted by Crippen LogP contribution is 2.13. The Bertz CT molecular complexity index is 366. The van der Waals surface area contributed by atoms with Crippen molar-refractivity contribution in [2.75, 3.05) is 6.54 Å². The molecule has 3 nitrogen and oxygen atoms in total. The molecule has 0 bridgehead atoms. The van der Waals surface area contributed by atoms with Gasteiger partial charge < -0.3 is 10.6 Å². The molecule has 1 aromatic rings. The number of nitrogens with two attached hydrogens (primary N) is 1. The number of hydrogen-bond donors (Lipinski definition) is 1. The molecule has 4 heteroatoms. The molecule has 0 aliphatic heterocycles. The second kappa shape index (κ2) is 6.01. The molecule has 0 aliphatic rings. The SMILES string of the molecule is CCN(Cc1cccc(Br)c1)C(=O)[C@@H](C)N. The van der Waals surface area contributed by atoms with Crippen molar-refractivity contribution in [3.05, 3.63) is 34.3 Å². The quantitative estimate of drug-likeness (QED) is 0.921. The average molecular weight is 285 g/mol. The first-order chi connectivity index (χ1) is 7.54. The molecule has 1 rings (SSSR count). The maximum Gasteiger partial charge on any atom is 0.239 e. The van der Waals surface area contributed by atoms with Gasteiger partial charge in [0.1, 0.15) is 0 Å². The molecule has 88 valence electrons. The summed E-state index contributed by atoms with van der Waals surface area (Å²) in [6, 6.07) is 7.50. The van der Waals surface area contributed by atoms with Crippen LogP contribution in [-0.4, -0.2) is 23.4 Å². The molecule has 0 radical (unpaired) electrons. The van der Waals surface area contributed by atoms with Crippen molar-refractivity contribution in [3.63, 3.8) is 0 Å². The molecule has 16 heavy (non-hydrogen) atoms. The van der Waals surface area contributed by atoms with E-state index in [-0.39, 0.29) is 5.91 Å². The van der Waals surface area contributed by atoms with Gasteiger partial charge in [0.15, 0.2) is 0 Å². The van der Waals surface area contributed by atoms with Crippen LogP contribution in [0.3, 0.4) is 0 Å². The van der Waals surface area contributed by atoms with Gasteiger partial charge in [-0.2, -0.15) is 0 Å². The fourth-order valence-corrected chi connectivity index (χ4v) is 1.94. The van der Waals surface area contributed by atoms with E-state index in [1.807, 2.05) is 31.2 Å². The van der Waals surface area contributed by atoms with Gasteiger partial charge in [0.2, 0.25) is 5.91 Å². The van der Waals surface area contributed by atoms with Gasteiger partial charge in [0.25, 0.3) is 0 Å². The van der Waals surface area contributed by atoms with E-state index in [4.69, 9.17) is 5.73 Å². The number of carbonyl (C=O) groups is 1. The van der Waals surface area contributed by atoms with E-state index < -0.39 is 6.04 Å². The van der Waals surface area contributed by atoms with E-state index >= 15 is 0 Å². The van der Waals surface area contributed by atoms with E-state index in [0.29, 0.717) is 13.1 Å². The number of hydrogen-bond acceptors (Lipinski definition) is 2. The number of likely N-dealkylation sites (N-methyl/N-ethyl adjacent to an activating group) is 1. The van der Waals surface area contributed by atoms with Crippen LogP contribution in [-0.2, 0) is 11.3 Å². The van der Waals surface area contributed by atoms with Crippen molar-refractivity contribution < 1.29 is 4.79 Å². The fourth-order valence-electron chi connectivity index (χ4n) is 1.49. The summed E-state index contributed by atoms with van der Waals surface area (Å²) in [5.74, 6) is -0.0116. The maximum atomic E-state index is 11.8. The Morgan fingerprint density at radius 2 is 2.25 bits per heavy atom. The topological polar surface area (TPSA) is 46.3 Å². The van der Waals surface area contributed by atoms with Crippen LogP contribution < -0.4 is 5.73 Å². The molecule has 0 heterocycles. The standard InChI is InChI=1S/C12H17BrN2O/c1-3-15(12(16)9(2)14)8-10-5-4-6-11(13)7-10/h4-7,9H,3,8,14H2,1-2H3/t9-/m1/s1. The Hall–Kier alpha value is -0.870. The number of carbonyl (C=O) groups excluding carboxylic acids is 1. The van der Waals surface area contributed by atoms with Gasteiger partial charge in [-0.25, -0.2) is 0 Å². The van der Waals surface area contributed by atoms with Gasteiger partial charge in [-0.1, -0.05) is 28.1 Å². The summed E-state index contributed by atoms with van der Waals surface area (Å²) >= 11 is 3.41. The Balaban J connectivity index is 2.74. The van der Waals surface area contributed by atoms with Crippen molar-refractivity contribution in [2.24, 2.45) is 5.73 Å². The normalized spacial score (nSPS) is 12.2. The molecule has 0 saturated carbocycles. The number of amides is 1. The van der Waals surface area contributed by atoms with Gasteiger partial charge in [0, 0.05) is 17.6 Å². The van der Waals surface area contributed by atoms with E-state index in [1.165, 1.54) is 0 Å². The molecule has 2 N–H and O–H groups in total. The first kappa shape index (κ1) is 13.2. The summed E-state index contributed by atoms with van der Waals surface area (Å²) in [6.45, 7) is 4.95. The van der Waals surface area contributed by atoms with Crippen molar-refractivity contribution in [2.45, 2.75) is 26.4 Å². The molecule has 1 amide bonds. The van der Waals surface area contributed by atoms with E-state index in [9.17, 15) is 4.79 Å². The lowest BCUT2D eigenvalue weighted by Crippen LogP contribution is -2.41. The van der Waals surface area contributed by atoms with Crippen LogP contribution in [0, 0.1) is 0 Å². The summed E-state index contributed by atoms with van der Waals surface area (Å²) in [5, 5.41) is 0. The second-order valence-electron chi connectivity index (χ2n) is 3.77. The lowest BCUT2D eigenvalue weighted by molar-refractivity contribution is -0.132. The fraction of sp³-hybridized carbons (Fsp3) is 0.417. The number of nitrogens with zero attached hydrogens (tertiary/aromatic N) is 1. The van der Waals surface area contributed by atoms with Crippen LogP contribution in [0.2, 0.25) is 0 Å². The minimum Gasteiger partial charge on any atom is -0.337 e. The third-order valence-corrected chi connectivity index (χ3v) is 2.84. The van der Waals surface area contributed by atoms with Crippen LogP contribution in [0.25, 0.3) is 0 Å². The van der Waals surface area contributed by atoms with E-state index in [1.54, 1.807) is 11.8 Å². The lowest BCUT2D eigenvalue weighted by Gasteiger charge is -2.22. The molecule has 1 atom stereocenters. The molecule has 0 fully saturated rings. The Morgan fingerprint density at radius 3 is 2.75 bits per heavy atom. The zero-order chi connectivity index (χ0) is 12.1. The molecule has 0 aliphatic carbocycles. The summed E-state index contributed by atoms with van der Waals surface area (Å²) in [6.07, 6.45) is 0. The van der Waals surface area contributed by atoms with Gasteiger partial charge >= 0.3 is 0 Å². The predicted molar refractivity (Wildman–Crippen MR) is 68.9 cm³/mol. The van der Waals surface area contributed by atoms with Crippen LogP contribution in [0.4, 0.5) is 0 Å². The Kier molecular flexibility index (Phi) is 4.96.